The Morgan fingerprint density at radius 3 is 1.18 bits per heavy atom. The standard InChI is InChI=1S/C26H27N3O4.C19H21N3O4.C13H14N2O3.C10H10O3.C3H5BrO3.C3H7NO3.C3H4O3.K/c30-25(32-17-18-7-2-1-3-8-18)23(16-29-14-6-13-27-29)33-26(31)28-24-21-11-4-9-19(21)15-20-10-5-12-22(20)24;23-18(24)16(11-22-9-3-8-20-22)26-19(25)21-17-14-6-1-4-12(14)10-13-5-2-7-15(13)17;16-12(9-15-8-4-7-14-15)13(17)18-10-11-5-2-1-3-6-11;11-10(9-7-12-9)13-6-8-4-2-1-3-5-8;2*4-2(1-5)3(6)7;4-3(5)2-1-6-2;/h1-3,6-8,13-15,23H,4-5,9-12,16-17H2,(H,28,31);3,8-10,16H,1-2,4-7,11H2,(H,21,25)(H,23,24);1-8,12,16H,9-10H2;1-5,9H,6-7H2;2,5H,1H2,(H,6,7);2,5H,1,4H2,(H,6,7);2H,1H2,(H,4,5);/q;;;;;;;+1/p-1/t23-;16-;12-;9-;3*2-;/m1111001./s1. The smallest absolute Gasteiger partial charge is 0.547 e. The second-order valence-corrected chi connectivity index (χ2v) is 26.5. The number of carboxylic acids is 4. The SMILES string of the molecule is N[C@@H](CO)C(=O)O.O=C(Nc1c2c(cc3c1CCC3)CCC2)O[C@H](Cn1cccn1)C(=O)O.O=C(Nc1c2c(cc3c1CCC3)CCC2)O[C@H](Cn1cccn1)C(=O)OCc1ccccc1.O=C(O)[C@@H](Br)CO.O=C(OCc1ccccc1)[C@H](O)Cn1cccn1.O=C(OCc1ccccc1)[C@H]1CO1.O=C([O-])[C@H]1CO1.[K+]. The molecule has 8 aromatic rings. The van der Waals surface area contributed by atoms with Gasteiger partial charge in [0.2, 0.25) is 12.2 Å². The number of nitrogens with one attached hydrogen (secondary N) is 2. The number of fused-ring (bicyclic) bond motifs is 4. The average Bonchev–Trinajstić information content (AvgIpc) is 1.65. The van der Waals surface area contributed by atoms with Gasteiger partial charge in [-0.2, -0.15) is 15.3 Å². The van der Waals surface area contributed by atoms with Gasteiger partial charge in [0, 0.05) is 37.2 Å². The van der Waals surface area contributed by atoms with Gasteiger partial charge in [-0.25, -0.2) is 28.8 Å². The molecule has 2 amide bonds. The first-order chi connectivity index (χ1) is 53.1. The number of alkyl halides is 1. The summed E-state index contributed by atoms with van der Waals surface area (Å²) < 4.78 is 39.8. The van der Waals surface area contributed by atoms with E-state index in [4.69, 9.17) is 54.6 Å². The molecule has 10 N–H and O–H groups in total. The zero-order valence-corrected chi connectivity index (χ0v) is 65.6. The molecule has 0 radical (unpaired) electrons. The largest absolute Gasteiger partial charge is 1.00 e. The predicted octanol–water partition coefficient (Wildman–Crippen LogP) is 2.26. The number of aliphatic hydroxyl groups is 3. The molecule has 3 aromatic heterocycles. The van der Waals surface area contributed by atoms with Crippen LogP contribution >= 0.6 is 15.9 Å². The summed E-state index contributed by atoms with van der Waals surface area (Å²) in [4.78, 5) is 100. The molecule has 34 heteroatoms. The van der Waals surface area contributed by atoms with Crippen molar-refractivity contribution in [3.63, 3.8) is 0 Å². The van der Waals surface area contributed by atoms with Gasteiger partial charge >= 0.3 is 99.4 Å². The molecule has 5 heterocycles. The number of aryl methyl sites for hydroxylation is 4. The third kappa shape index (κ3) is 29.9. The Balaban J connectivity index is 0.000000195. The number of aliphatic carboxylic acids is 4. The van der Waals surface area contributed by atoms with E-state index in [2.05, 4.69) is 58.7 Å². The molecule has 586 valence electrons. The number of nitrogens with two attached hydrogens (primary N) is 1. The number of anilines is 2. The van der Waals surface area contributed by atoms with Crippen molar-refractivity contribution in [2.24, 2.45) is 5.73 Å². The van der Waals surface area contributed by atoms with Crippen LogP contribution in [-0.2, 0) is 158 Å². The molecule has 14 rings (SSSR count). The van der Waals surface area contributed by atoms with Crippen LogP contribution in [0.25, 0.3) is 0 Å². The minimum absolute atomic E-state index is 0. The van der Waals surface area contributed by atoms with Crippen molar-refractivity contribution in [1.82, 2.24) is 29.3 Å². The summed E-state index contributed by atoms with van der Waals surface area (Å²) in [6.45, 7) is 0.733. The van der Waals surface area contributed by atoms with Gasteiger partial charge in [0.15, 0.2) is 12.2 Å². The number of benzene rings is 5. The second kappa shape index (κ2) is 46.3. The minimum Gasteiger partial charge on any atom is -0.547 e. The van der Waals surface area contributed by atoms with Gasteiger partial charge in [0.25, 0.3) is 0 Å². The molecule has 0 unspecified atom stereocenters. The summed E-state index contributed by atoms with van der Waals surface area (Å²) in [5.41, 5.74) is 19.3. The molecule has 0 bridgehead atoms. The first-order valence-electron chi connectivity index (χ1n) is 35.3. The van der Waals surface area contributed by atoms with Crippen molar-refractivity contribution in [2.75, 3.05) is 37.1 Å². The van der Waals surface area contributed by atoms with Crippen molar-refractivity contribution < 1.29 is 163 Å². The van der Waals surface area contributed by atoms with E-state index in [0.717, 1.165) is 105 Å². The Hall–Kier alpha value is -9.56. The van der Waals surface area contributed by atoms with Crippen LogP contribution < -0.4 is 72.9 Å². The third-order valence-corrected chi connectivity index (χ3v) is 17.9. The molecule has 32 nitrogen and oxygen atoms in total. The number of aromatic nitrogens is 6. The maximum atomic E-state index is 13.0. The third-order valence-electron chi connectivity index (χ3n) is 17.3. The van der Waals surface area contributed by atoms with Gasteiger partial charge in [-0.05, 0) is 156 Å². The Labute approximate surface area is 689 Å². The van der Waals surface area contributed by atoms with Crippen LogP contribution in [0.3, 0.4) is 0 Å². The molecule has 5 aromatic carbocycles. The molecule has 2 fully saturated rings. The Kier molecular flexibility index (Phi) is 37.0. The molecular formula is C77H87BrKN9O23. The first-order valence-corrected chi connectivity index (χ1v) is 36.2. The molecule has 111 heavy (non-hydrogen) atoms. The number of aliphatic hydroxyl groups excluding tert-OH is 3. The van der Waals surface area contributed by atoms with E-state index in [1.165, 1.54) is 53.9 Å². The number of carbonyl (C=O) groups is 9. The molecule has 0 spiro atoms. The van der Waals surface area contributed by atoms with Crippen LogP contribution in [0.2, 0.25) is 0 Å². The molecule has 4 aliphatic carbocycles. The van der Waals surface area contributed by atoms with Crippen molar-refractivity contribution in [2.45, 2.75) is 158 Å². The van der Waals surface area contributed by atoms with Gasteiger partial charge in [-0.3, -0.25) is 34.3 Å². The number of ether oxygens (including phenoxy) is 7. The average molecular weight is 1630 g/mol. The summed E-state index contributed by atoms with van der Waals surface area (Å²) in [5, 5.41) is 78.3. The number of amides is 2. The Morgan fingerprint density at radius 2 is 0.874 bits per heavy atom. The first kappa shape index (κ1) is 88.6. The number of epoxide rings is 2. The quantitative estimate of drug-likeness (QED) is 0.0130. The molecular weight excluding hydrogens is 1540 g/mol. The fourth-order valence-corrected chi connectivity index (χ4v) is 11.6. The number of halogens is 1. The molecule has 7 atom stereocenters. The molecule has 2 aliphatic heterocycles. The van der Waals surface area contributed by atoms with Crippen molar-refractivity contribution >= 4 is 81.3 Å². The van der Waals surface area contributed by atoms with Gasteiger partial charge in [0.1, 0.15) is 36.8 Å². The zero-order chi connectivity index (χ0) is 78.9. The fraction of sp³-hybridized carbons (Fsp3) is 0.377. The van der Waals surface area contributed by atoms with Crippen LogP contribution in [0.5, 0.6) is 0 Å². The van der Waals surface area contributed by atoms with E-state index in [1.807, 2.05) is 91.0 Å². The van der Waals surface area contributed by atoms with E-state index in [9.17, 15) is 58.5 Å². The monoisotopic (exact) mass is 1620 g/mol. The molecule has 0 saturated carbocycles. The molecule has 2 saturated heterocycles. The number of carboxylic acid groups (broad SMARTS) is 4. The number of hydrogen-bond acceptors (Lipinski definition) is 24. The zero-order valence-electron chi connectivity index (χ0n) is 60.9. The molecule has 6 aliphatic rings. The fourth-order valence-electron chi connectivity index (χ4n) is 11.6. The normalized spacial score (nSPS) is 15.7. The Morgan fingerprint density at radius 1 is 0.505 bits per heavy atom. The number of esters is 3. The van der Waals surface area contributed by atoms with E-state index in [-0.39, 0.29) is 103 Å². The summed E-state index contributed by atoms with van der Waals surface area (Å²) >= 11 is 2.69. The number of nitrogens with zero attached hydrogens (tertiary/aromatic N) is 6. The van der Waals surface area contributed by atoms with Crippen LogP contribution in [0.1, 0.15) is 86.9 Å². The summed E-state index contributed by atoms with van der Waals surface area (Å²) in [7, 11) is 0. The van der Waals surface area contributed by atoms with Gasteiger partial charge < -0.3 is 79.4 Å². The van der Waals surface area contributed by atoms with Crippen molar-refractivity contribution in [3.05, 3.63) is 220 Å². The summed E-state index contributed by atoms with van der Waals surface area (Å²) in [5.74, 6) is -6.02. The van der Waals surface area contributed by atoms with E-state index >= 15 is 0 Å². The van der Waals surface area contributed by atoms with Gasteiger partial charge in [-0.1, -0.05) is 119 Å². The number of carbonyl (C=O) groups excluding carboxylic acids is 6. The van der Waals surface area contributed by atoms with Crippen LogP contribution in [0.15, 0.2) is 159 Å². The van der Waals surface area contributed by atoms with Gasteiger partial charge in [-0.15, -0.1) is 0 Å². The summed E-state index contributed by atoms with van der Waals surface area (Å²) in [6, 6.07) is 36.9. The van der Waals surface area contributed by atoms with Crippen LogP contribution in [0.4, 0.5) is 21.0 Å². The Bertz CT molecular complexity index is 4210. The summed E-state index contributed by atoms with van der Waals surface area (Å²) in [6.07, 6.45) is 16.2. The van der Waals surface area contributed by atoms with E-state index < -0.39 is 89.9 Å². The topological polar surface area (TPSA) is 473 Å². The number of hydrogen-bond donors (Lipinski definition) is 9. The van der Waals surface area contributed by atoms with Crippen molar-refractivity contribution in [1.29, 1.82) is 0 Å². The van der Waals surface area contributed by atoms with Crippen molar-refractivity contribution in [3.8, 4) is 0 Å². The van der Waals surface area contributed by atoms with Gasteiger partial charge in [0.05, 0.1) is 63.4 Å². The predicted molar refractivity (Wildman–Crippen MR) is 392 cm³/mol. The minimum atomic E-state index is -1.29. The second-order valence-electron chi connectivity index (χ2n) is 25.4. The maximum Gasteiger partial charge on any atom is 1.00 e. The van der Waals surface area contributed by atoms with E-state index in [0.29, 0.717) is 19.8 Å². The van der Waals surface area contributed by atoms with Crippen LogP contribution in [-0.4, -0.2) is 182 Å². The number of rotatable bonds is 25. The maximum absolute atomic E-state index is 13.0. The van der Waals surface area contributed by atoms with Crippen LogP contribution in [0, 0.1) is 0 Å². The van der Waals surface area contributed by atoms with E-state index in [1.54, 1.807) is 60.1 Å².